The van der Waals surface area contributed by atoms with Crippen molar-refractivity contribution in [1.29, 1.82) is 0 Å². The molecule has 0 aromatic heterocycles. The Bertz CT molecular complexity index is 469. The molecule has 1 N–H and O–H groups in total. The summed E-state index contributed by atoms with van der Waals surface area (Å²) in [6.07, 6.45) is -4.23. The van der Waals surface area contributed by atoms with Crippen LogP contribution >= 0.6 is 0 Å². The summed E-state index contributed by atoms with van der Waals surface area (Å²) < 4.78 is 37.6. The fourth-order valence-electron chi connectivity index (χ4n) is 1.94. The Hall–Kier alpha value is -1.56. The van der Waals surface area contributed by atoms with E-state index in [0.29, 0.717) is 5.56 Å². The second-order valence-corrected chi connectivity index (χ2v) is 5.42. The van der Waals surface area contributed by atoms with Crippen LogP contribution < -0.4 is 0 Å². The molecule has 1 aromatic carbocycles. The second kappa shape index (κ2) is 6.93. The first-order chi connectivity index (χ1) is 9.60. The van der Waals surface area contributed by atoms with Gasteiger partial charge in [0.25, 0.3) is 0 Å². The number of nitrogens with zero attached hydrogens (tertiary/aromatic N) is 1. The standard InChI is InChI=1S/C15H20F3NO2/c1-10(2)19(9-15(16,17)18)8-12-4-6-13(7-5-12)11(3)14(20)21/h4-7,10-11H,8-9H2,1-3H3,(H,20,21). The maximum absolute atomic E-state index is 12.5. The fourth-order valence-corrected chi connectivity index (χ4v) is 1.94. The van der Waals surface area contributed by atoms with Gasteiger partial charge in [0, 0.05) is 12.6 Å². The van der Waals surface area contributed by atoms with Crippen LogP contribution in [0.5, 0.6) is 0 Å². The molecular weight excluding hydrogens is 283 g/mol. The average molecular weight is 303 g/mol. The minimum Gasteiger partial charge on any atom is -0.481 e. The number of carbonyl (C=O) groups is 1. The number of carboxylic acids is 1. The van der Waals surface area contributed by atoms with Gasteiger partial charge in [-0.15, -0.1) is 0 Å². The molecule has 1 unspecified atom stereocenters. The van der Waals surface area contributed by atoms with Gasteiger partial charge in [-0.25, -0.2) is 0 Å². The number of alkyl halides is 3. The summed E-state index contributed by atoms with van der Waals surface area (Å²) >= 11 is 0. The van der Waals surface area contributed by atoms with Crippen LogP contribution in [-0.4, -0.2) is 34.7 Å². The number of hydrogen-bond acceptors (Lipinski definition) is 2. The SMILES string of the molecule is CC(C(=O)O)c1ccc(CN(CC(F)(F)F)C(C)C)cc1. The van der Waals surface area contributed by atoms with Crippen LogP contribution in [0.1, 0.15) is 37.8 Å². The third-order valence-electron chi connectivity index (χ3n) is 3.35. The molecule has 1 rings (SSSR count). The molecule has 1 atom stereocenters. The number of halogens is 3. The van der Waals surface area contributed by atoms with E-state index in [1.807, 2.05) is 0 Å². The molecule has 0 amide bonds. The predicted molar refractivity (Wildman–Crippen MR) is 74.1 cm³/mol. The first-order valence-corrected chi connectivity index (χ1v) is 6.72. The number of carboxylic acid groups (broad SMARTS) is 1. The van der Waals surface area contributed by atoms with Crippen molar-refractivity contribution in [3.8, 4) is 0 Å². The van der Waals surface area contributed by atoms with Crippen molar-refractivity contribution in [3.63, 3.8) is 0 Å². The average Bonchev–Trinajstić information content (AvgIpc) is 2.36. The first kappa shape index (κ1) is 17.5. The largest absolute Gasteiger partial charge is 0.481 e. The quantitative estimate of drug-likeness (QED) is 0.872. The fraction of sp³-hybridized carbons (Fsp3) is 0.533. The molecule has 118 valence electrons. The molecule has 0 bridgehead atoms. The van der Waals surface area contributed by atoms with Gasteiger partial charge in [-0.1, -0.05) is 24.3 Å². The van der Waals surface area contributed by atoms with Gasteiger partial charge in [-0.05, 0) is 31.9 Å². The van der Waals surface area contributed by atoms with Gasteiger partial charge < -0.3 is 5.11 Å². The molecule has 0 fully saturated rings. The Morgan fingerprint density at radius 2 is 1.71 bits per heavy atom. The third-order valence-corrected chi connectivity index (χ3v) is 3.35. The Labute approximate surface area is 122 Å². The summed E-state index contributed by atoms with van der Waals surface area (Å²) in [6, 6.07) is 6.44. The van der Waals surface area contributed by atoms with E-state index in [4.69, 9.17) is 5.11 Å². The van der Waals surface area contributed by atoms with Crippen LogP contribution in [0.15, 0.2) is 24.3 Å². The van der Waals surface area contributed by atoms with Gasteiger partial charge in [-0.2, -0.15) is 13.2 Å². The number of aliphatic carboxylic acids is 1. The van der Waals surface area contributed by atoms with Crippen molar-refractivity contribution in [2.45, 2.75) is 45.5 Å². The van der Waals surface area contributed by atoms with Gasteiger partial charge in [0.15, 0.2) is 0 Å². The summed E-state index contributed by atoms with van der Waals surface area (Å²) in [4.78, 5) is 12.2. The topological polar surface area (TPSA) is 40.5 Å². The zero-order valence-electron chi connectivity index (χ0n) is 12.3. The minimum absolute atomic E-state index is 0.179. The molecule has 0 saturated carbocycles. The smallest absolute Gasteiger partial charge is 0.401 e. The van der Waals surface area contributed by atoms with Crippen LogP contribution in [0.3, 0.4) is 0 Å². The lowest BCUT2D eigenvalue weighted by Gasteiger charge is -2.27. The maximum Gasteiger partial charge on any atom is 0.401 e. The summed E-state index contributed by atoms with van der Waals surface area (Å²) in [5, 5.41) is 8.92. The van der Waals surface area contributed by atoms with Crippen molar-refractivity contribution in [1.82, 2.24) is 4.90 Å². The number of benzene rings is 1. The van der Waals surface area contributed by atoms with E-state index in [1.165, 1.54) is 4.90 Å². The Morgan fingerprint density at radius 3 is 2.10 bits per heavy atom. The molecule has 0 aliphatic rings. The second-order valence-electron chi connectivity index (χ2n) is 5.42. The van der Waals surface area contributed by atoms with Gasteiger partial charge in [-0.3, -0.25) is 9.69 Å². The molecule has 3 nitrogen and oxygen atoms in total. The minimum atomic E-state index is -4.23. The van der Waals surface area contributed by atoms with Gasteiger partial charge >= 0.3 is 12.1 Å². The van der Waals surface area contributed by atoms with Crippen molar-refractivity contribution in [2.24, 2.45) is 0 Å². The maximum atomic E-state index is 12.5. The van der Waals surface area contributed by atoms with Crippen LogP contribution in [0.4, 0.5) is 13.2 Å². The van der Waals surface area contributed by atoms with Gasteiger partial charge in [0.1, 0.15) is 0 Å². The lowest BCUT2D eigenvalue weighted by Crippen LogP contribution is -2.38. The summed E-state index contributed by atoms with van der Waals surface area (Å²) in [7, 11) is 0. The molecule has 0 aliphatic carbocycles. The Morgan fingerprint density at radius 1 is 1.19 bits per heavy atom. The van der Waals surface area contributed by atoms with E-state index in [1.54, 1.807) is 45.0 Å². The van der Waals surface area contributed by atoms with Crippen molar-refractivity contribution in [2.75, 3.05) is 6.54 Å². The third kappa shape index (κ3) is 5.75. The highest BCUT2D eigenvalue weighted by Crippen LogP contribution is 2.21. The summed E-state index contributed by atoms with van der Waals surface area (Å²) in [5.41, 5.74) is 1.37. The normalized spacial score (nSPS) is 13.7. The first-order valence-electron chi connectivity index (χ1n) is 6.72. The Balaban J connectivity index is 2.79. The van der Waals surface area contributed by atoms with Crippen LogP contribution in [0.2, 0.25) is 0 Å². The van der Waals surface area contributed by atoms with E-state index in [2.05, 4.69) is 0 Å². The molecule has 0 spiro atoms. The molecule has 6 heteroatoms. The summed E-state index contributed by atoms with van der Waals surface area (Å²) in [6.45, 7) is 4.22. The molecule has 1 aromatic rings. The molecule has 21 heavy (non-hydrogen) atoms. The molecular formula is C15H20F3NO2. The van der Waals surface area contributed by atoms with E-state index in [-0.39, 0.29) is 12.6 Å². The summed E-state index contributed by atoms with van der Waals surface area (Å²) in [5.74, 6) is -1.56. The van der Waals surface area contributed by atoms with Gasteiger partial charge in [0.05, 0.1) is 12.5 Å². The van der Waals surface area contributed by atoms with E-state index >= 15 is 0 Å². The van der Waals surface area contributed by atoms with E-state index in [0.717, 1.165) is 5.56 Å². The van der Waals surface area contributed by atoms with E-state index in [9.17, 15) is 18.0 Å². The van der Waals surface area contributed by atoms with Crippen molar-refractivity contribution < 1.29 is 23.1 Å². The van der Waals surface area contributed by atoms with Gasteiger partial charge in [0.2, 0.25) is 0 Å². The van der Waals surface area contributed by atoms with Crippen LogP contribution in [0.25, 0.3) is 0 Å². The molecule has 0 heterocycles. The molecule has 0 radical (unpaired) electrons. The van der Waals surface area contributed by atoms with Crippen LogP contribution in [-0.2, 0) is 11.3 Å². The number of hydrogen-bond donors (Lipinski definition) is 1. The Kier molecular flexibility index (Phi) is 5.78. The van der Waals surface area contributed by atoms with E-state index < -0.39 is 24.6 Å². The monoisotopic (exact) mass is 303 g/mol. The highest BCUT2D eigenvalue weighted by Gasteiger charge is 2.31. The lowest BCUT2D eigenvalue weighted by molar-refractivity contribution is -0.151. The number of rotatable bonds is 6. The molecule has 0 saturated heterocycles. The van der Waals surface area contributed by atoms with Crippen molar-refractivity contribution >= 4 is 5.97 Å². The zero-order chi connectivity index (χ0) is 16.2. The van der Waals surface area contributed by atoms with Crippen molar-refractivity contribution in [3.05, 3.63) is 35.4 Å². The lowest BCUT2D eigenvalue weighted by atomic mass is 10.00. The van der Waals surface area contributed by atoms with Crippen LogP contribution in [0, 0.1) is 0 Å². The highest BCUT2D eigenvalue weighted by molar-refractivity contribution is 5.75. The highest BCUT2D eigenvalue weighted by atomic mass is 19.4. The zero-order valence-corrected chi connectivity index (χ0v) is 12.3. The predicted octanol–water partition coefficient (Wildman–Crippen LogP) is 3.65. The molecule has 0 aliphatic heterocycles.